The summed E-state index contributed by atoms with van der Waals surface area (Å²) >= 11 is 0. The smallest absolute Gasteiger partial charge is 0.129 e. The zero-order chi connectivity index (χ0) is 22.1. The summed E-state index contributed by atoms with van der Waals surface area (Å²) in [4.78, 5) is 0. The lowest BCUT2D eigenvalue weighted by Gasteiger charge is -2.57. The summed E-state index contributed by atoms with van der Waals surface area (Å²) < 4.78 is 24.0. The average Bonchev–Trinajstić information content (AvgIpc) is 3.65. The van der Waals surface area contributed by atoms with Crippen LogP contribution in [0.3, 0.4) is 0 Å². The van der Waals surface area contributed by atoms with E-state index in [1.807, 2.05) is 0 Å². The second kappa shape index (κ2) is 7.63. The van der Waals surface area contributed by atoms with Crippen molar-refractivity contribution in [1.82, 2.24) is 0 Å². The fourth-order valence-electron chi connectivity index (χ4n) is 7.36. The molecule has 6 fully saturated rings. The minimum atomic E-state index is 0.0552. The lowest BCUT2D eigenvalue weighted by molar-refractivity contribution is -0.00660. The molecule has 2 atom stereocenters. The van der Waals surface area contributed by atoms with Gasteiger partial charge in [-0.2, -0.15) is 0 Å². The van der Waals surface area contributed by atoms with E-state index in [1.54, 1.807) is 0 Å². The molecule has 4 nitrogen and oxygen atoms in total. The first-order valence-corrected chi connectivity index (χ1v) is 13.0. The normalized spacial score (nSPS) is 36.9. The van der Waals surface area contributed by atoms with Crippen molar-refractivity contribution in [2.24, 2.45) is 17.8 Å². The van der Waals surface area contributed by atoms with Crippen molar-refractivity contribution in [1.29, 1.82) is 0 Å². The zero-order valence-corrected chi connectivity index (χ0v) is 20.4. The minimum Gasteiger partial charge on any atom is -0.490 e. The molecule has 2 heterocycles. The molecule has 4 bridgehead atoms. The standard InChI is InChI=1S/C28H40O4/c1-5-27(3,4)23-9-24(28-10-18-6-19(11-28)8-20(7-18)12-28)26(32-16-22-14-30-22)17(2)25(23)31-15-21-13-29-21/h9,18-22H,5-8,10-16H2,1-4H3. The highest BCUT2D eigenvalue weighted by Crippen LogP contribution is 2.63. The quantitative estimate of drug-likeness (QED) is 0.462. The van der Waals surface area contributed by atoms with E-state index in [1.165, 1.54) is 55.2 Å². The lowest BCUT2D eigenvalue weighted by atomic mass is 9.47. The fourth-order valence-corrected chi connectivity index (χ4v) is 7.36. The molecule has 32 heavy (non-hydrogen) atoms. The summed E-state index contributed by atoms with van der Waals surface area (Å²) in [5.74, 6) is 4.86. The van der Waals surface area contributed by atoms with Crippen LogP contribution in [0, 0.1) is 24.7 Å². The first-order chi connectivity index (χ1) is 15.4. The Hall–Kier alpha value is -1.26. The monoisotopic (exact) mass is 440 g/mol. The Morgan fingerprint density at radius 2 is 1.41 bits per heavy atom. The third-order valence-electron chi connectivity index (χ3n) is 9.31. The molecule has 0 amide bonds. The van der Waals surface area contributed by atoms with Gasteiger partial charge in [-0.3, -0.25) is 0 Å². The van der Waals surface area contributed by atoms with Crippen molar-refractivity contribution in [2.75, 3.05) is 26.4 Å². The van der Waals surface area contributed by atoms with E-state index < -0.39 is 0 Å². The van der Waals surface area contributed by atoms with E-state index in [9.17, 15) is 0 Å². The number of benzene rings is 1. The Kier molecular flexibility index (Phi) is 5.08. The molecule has 1 aromatic carbocycles. The van der Waals surface area contributed by atoms with Gasteiger partial charge in [0.15, 0.2) is 0 Å². The van der Waals surface area contributed by atoms with Gasteiger partial charge >= 0.3 is 0 Å². The molecule has 2 unspecified atom stereocenters. The van der Waals surface area contributed by atoms with Crippen molar-refractivity contribution in [3.63, 3.8) is 0 Å². The summed E-state index contributed by atoms with van der Waals surface area (Å²) in [5, 5.41) is 0. The van der Waals surface area contributed by atoms with Gasteiger partial charge in [0.25, 0.3) is 0 Å². The molecule has 0 spiro atoms. The topological polar surface area (TPSA) is 43.5 Å². The molecular weight excluding hydrogens is 400 g/mol. The van der Waals surface area contributed by atoms with Gasteiger partial charge in [-0.25, -0.2) is 0 Å². The van der Waals surface area contributed by atoms with Crippen LogP contribution < -0.4 is 9.47 Å². The summed E-state index contributed by atoms with van der Waals surface area (Å²) in [6.07, 6.45) is 10.00. The molecule has 6 aliphatic rings. The van der Waals surface area contributed by atoms with Crippen LogP contribution in [-0.2, 0) is 20.3 Å². The van der Waals surface area contributed by atoms with Crippen molar-refractivity contribution < 1.29 is 18.9 Å². The third-order valence-corrected chi connectivity index (χ3v) is 9.31. The Balaban J connectivity index is 1.47. The Labute approximate surface area is 193 Å². The van der Waals surface area contributed by atoms with Gasteiger partial charge in [-0.1, -0.05) is 20.8 Å². The van der Waals surface area contributed by atoms with Crippen LogP contribution in [0.25, 0.3) is 0 Å². The summed E-state index contributed by atoms with van der Waals surface area (Å²) in [7, 11) is 0. The molecule has 0 N–H and O–H groups in total. The predicted octanol–water partition coefficient (Wildman–Crippen LogP) is 5.71. The van der Waals surface area contributed by atoms with Gasteiger partial charge in [0.1, 0.15) is 36.9 Å². The first-order valence-electron chi connectivity index (χ1n) is 13.0. The first kappa shape index (κ1) is 21.3. The number of ether oxygens (including phenoxy) is 4. The molecular formula is C28H40O4. The molecule has 1 aromatic rings. The summed E-state index contributed by atoms with van der Waals surface area (Å²) in [6.45, 7) is 12.2. The molecule has 2 saturated heterocycles. The van der Waals surface area contributed by atoms with Gasteiger partial charge in [0.05, 0.1) is 13.2 Å². The number of hydrogen-bond donors (Lipinski definition) is 0. The third kappa shape index (κ3) is 3.76. The van der Waals surface area contributed by atoms with Crippen LogP contribution in [0.2, 0.25) is 0 Å². The molecule has 4 aliphatic carbocycles. The molecule has 7 rings (SSSR count). The molecule has 0 radical (unpaired) electrons. The van der Waals surface area contributed by atoms with Crippen LogP contribution in [0.4, 0.5) is 0 Å². The maximum absolute atomic E-state index is 6.61. The number of hydrogen-bond acceptors (Lipinski definition) is 4. The second-order valence-corrected chi connectivity index (χ2v) is 12.2. The summed E-state index contributed by atoms with van der Waals surface area (Å²) in [6, 6.07) is 2.52. The van der Waals surface area contributed by atoms with Crippen LogP contribution >= 0.6 is 0 Å². The molecule has 2 aliphatic heterocycles. The van der Waals surface area contributed by atoms with Crippen LogP contribution in [-0.4, -0.2) is 38.6 Å². The van der Waals surface area contributed by atoms with E-state index in [4.69, 9.17) is 18.9 Å². The van der Waals surface area contributed by atoms with Gasteiger partial charge in [-0.05, 0) is 86.5 Å². The predicted molar refractivity (Wildman–Crippen MR) is 125 cm³/mol. The molecule has 4 heteroatoms. The highest BCUT2D eigenvalue weighted by molar-refractivity contribution is 5.59. The van der Waals surface area contributed by atoms with Gasteiger partial charge in [-0.15, -0.1) is 0 Å². The van der Waals surface area contributed by atoms with Gasteiger partial charge < -0.3 is 18.9 Å². The maximum Gasteiger partial charge on any atom is 0.129 e. The Bertz CT molecular complexity index is 845. The van der Waals surface area contributed by atoms with Crippen molar-refractivity contribution >= 4 is 0 Å². The Morgan fingerprint density at radius 1 is 0.906 bits per heavy atom. The SMILES string of the molecule is CCC(C)(C)c1cc(C23CC4CC(CC(C4)C2)C3)c(OCC2CO2)c(C)c1OCC1CO1. The summed E-state index contributed by atoms with van der Waals surface area (Å²) in [5.41, 5.74) is 4.38. The van der Waals surface area contributed by atoms with Gasteiger partial charge in [0, 0.05) is 16.7 Å². The second-order valence-electron chi connectivity index (χ2n) is 12.2. The van der Waals surface area contributed by atoms with Crippen molar-refractivity contribution in [3.05, 3.63) is 22.8 Å². The fraction of sp³-hybridized carbons (Fsp3) is 0.786. The largest absolute Gasteiger partial charge is 0.490 e. The number of rotatable bonds is 9. The van der Waals surface area contributed by atoms with Crippen molar-refractivity contribution in [3.8, 4) is 11.5 Å². The van der Waals surface area contributed by atoms with E-state index in [2.05, 4.69) is 33.8 Å². The van der Waals surface area contributed by atoms with Crippen LogP contribution in [0.1, 0.15) is 82.4 Å². The van der Waals surface area contributed by atoms with E-state index in [-0.39, 0.29) is 23.0 Å². The minimum absolute atomic E-state index is 0.0552. The maximum atomic E-state index is 6.61. The van der Waals surface area contributed by atoms with E-state index >= 15 is 0 Å². The van der Waals surface area contributed by atoms with Gasteiger partial charge in [0.2, 0.25) is 0 Å². The zero-order valence-electron chi connectivity index (χ0n) is 20.4. The van der Waals surface area contributed by atoms with Crippen molar-refractivity contribution in [2.45, 2.75) is 95.7 Å². The van der Waals surface area contributed by atoms with E-state index in [0.29, 0.717) is 13.2 Å². The average molecular weight is 441 g/mol. The number of epoxide rings is 2. The lowest BCUT2D eigenvalue weighted by Crippen LogP contribution is -2.48. The van der Waals surface area contributed by atoms with Crippen LogP contribution in [0.5, 0.6) is 11.5 Å². The Morgan fingerprint density at radius 3 is 1.88 bits per heavy atom. The highest BCUT2D eigenvalue weighted by atomic mass is 16.6. The molecule has 0 aromatic heterocycles. The van der Waals surface area contributed by atoms with E-state index in [0.717, 1.165) is 48.9 Å². The highest BCUT2D eigenvalue weighted by Gasteiger charge is 2.53. The molecule has 4 saturated carbocycles. The van der Waals surface area contributed by atoms with Crippen LogP contribution in [0.15, 0.2) is 6.07 Å². The molecule has 176 valence electrons.